The molecule has 3 aliphatic rings. The summed E-state index contributed by atoms with van der Waals surface area (Å²) in [5.74, 6) is 2.40. The van der Waals surface area contributed by atoms with E-state index < -0.39 is 0 Å². The quantitative estimate of drug-likeness (QED) is 0.835. The summed E-state index contributed by atoms with van der Waals surface area (Å²) in [6, 6.07) is 0.522. The van der Waals surface area contributed by atoms with Gasteiger partial charge in [0.1, 0.15) is 0 Å². The first-order chi connectivity index (χ1) is 8.31. The molecule has 0 radical (unpaired) electrons. The van der Waals surface area contributed by atoms with Gasteiger partial charge in [0.2, 0.25) is 5.91 Å². The van der Waals surface area contributed by atoms with Crippen LogP contribution in [0.15, 0.2) is 0 Å². The lowest BCUT2D eigenvalue weighted by atomic mass is 10.0. The minimum Gasteiger partial charge on any atom is -0.341 e. The number of rotatable bonds is 2. The first kappa shape index (κ1) is 14.1. The van der Waals surface area contributed by atoms with E-state index in [0.717, 1.165) is 24.9 Å². The normalized spacial score (nSPS) is 38.6. The van der Waals surface area contributed by atoms with Crippen LogP contribution in [0.3, 0.4) is 0 Å². The van der Waals surface area contributed by atoms with Gasteiger partial charge in [-0.15, -0.1) is 12.4 Å². The zero-order valence-electron chi connectivity index (χ0n) is 11.2. The molecule has 2 aliphatic carbocycles. The van der Waals surface area contributed by atoms with Gasteiger partial charge in [-0.3, -0.25) is 4.79 Å². The second-order valence-corrected chi connectivity index (χ2v) is 6.05. The Morgan fingerprint density at radius 2 is 1.78 bits per heavy atom. The molecule has 0 aromatic rings. The Morgan fingerprint density at radius 3 is 2.39 bits per heavy atom. The van der Waals surface area contributed by atoms with E-state index in [-0.39, 0.29) is 12.4 Å². The Balaban J connectivity index is 0.00000120. The molecular formula is C14H25ClN2O. The molecule has 0 spiro atoms. The number of likely N-dealkylation sites (N-methyl/N-ethyl adjacent to an activating group) is 1. The van der Waals surface area contributed by atoms with E-state index in [1.165, 1.54) is 38.5 Å². The molecule has 3 atom stereocenters. The second-order valence-electron chi connectivity index (χ2n) is 6.05. The van der Waals surface area contributed by atoms with Gasteiger partial charge in [0, 0.05) is 25.0 Å². The molecule has 2 saturated carbocycles. The fraction of sp³-hybridized carbons (Fsp3) is 0.929. The fourth-order valence-corrected chi connectivity index (χ4v) is 3.98. The highest BCUT2D eigenvalue weighted by molar-refractivity contribution is 5.85. The van der Waals surface area contributed by atoms with Crippen LogP contribution in [0.5, 0.6) is 0 Å². The Bertz CT molecular complexity index is 298. The molecule has 3 rings (SSSR count). The zero-order valence-corrected chi connectivity index (χ0v) is 12.0. The van der Waals surface area contributed by atoms with Crippen molar-refractivity contribution in [3.63, 3.8) is 0 Å². The van der Waals surface area contributed by atoms with Crippen molar-refractivity contribution in [2.45, 2.75) is 44.6 Å². The number of likely N-dealkylation sites (tertiary alicyclic amines) is 1. The number of nitrogens with zero attached hydrogens (tertiary/aromatic N) is 1. The Hall–Kier alpha value is -0.280. The summed E-state index contributed by atoms with van der Waals surface area (Å²) in [6.07, 6.45) is 7.71. The van der Waals surface area contributed by atoms with Crippen LogP contribution in [0.25, 0.3) is 0 Å². The summed E-state index contributed by atoms with van der Waals surface area (Å²) in [5, 5.41) is 3.32. The Kier molecular flexibility index (Phi) is 4.54. The van der Waals surface area contributed by atoms with Crippen molar-refractivity contribution >= 4 is 18.3 Å². The van der Waals surface area contributed by atoms with Crippen molar-refractivity contribution in [2.75, 3.05) is 20.1 Å². The fourth-order valence-electron chi connectivity index (χ4n) is 3.98. The Morgan fingerprint density at radius 1 is 1.11 bits per heavy atom. The van der Waals surface area contributed by atoms with Gasteiger partial charge in [-0.2, -0.15) is 0 Å². The van der Waals surface area contributed by atoms with Gasteiger partial charge >= 0.3 is 0 Å². The SMILES string of the molecule is CNC1CCCN(C(=O)C2C3CCCCC32)C1.Cl. The van der Waals surface area contributed by atoms with E-state index in [1.807, 2.05) is 7.05 Å². The van der Waals surface area contributed by atoms with Crippen LogP contribution >= 0.6 is 12.4 Å². The lowest BCUT2D eigenvalue weighted by Crippen LogP contribution is -2.47. The Labute approximate surface area is 116 Å². The highest BCUT2D eigenvalue weighted by atomic mass is 35.5. The van der Waals surface area contributed by atoms with Crippen molar-refractivity contribution in [1.29, 1.82) is 0 Å². The van der Waals surface area contributed by atoms with Crippen LogP contribution in [0.4, 0.5) is 0 Å². The highest BCUT2D eigenvalue weighted by Gasteiger charge is 2.55. The van der Waals surface area contributed by atoms with Crippen LogP contribution < -0.4 is 5.32 Å². The number of carbonyl (C=O) groups excluding carboxylic acids is 1. The monoisotopic (exact) mass is 272 g/mol. The molecule has 3 fully saturated rings. The molecular weight excluding hydrogens is 248 g/mol. The third-order valence-corrected chi connectivity index (χ3v) is 5.08. The second kappa shape index (κ2) is 5.79. The highest BCUT2D eigenvalue weighted by Crippen LogP contribution is 2.56. The smallest absolute Gasteiger partial charge is 0.226 e. The maximum absolute atomic E-state index is 12.5. The third kappa shape index (κ3) is 2.53. The molecule has 4 heteroatoms. The molecule has 18 heavy (non-hydrogen) atoms. The van der Waals surface area contributed by atoms with Gasteiger partial charge in [0.25, 0.3) is 0 Å². The minimum atomic E-state index is 0. The number of carbonyl (C=O) groups is 1. The molecule has 1 heterocycles. The average molecular weight is 273 g/mol. The van der Waals surface area contributed by atoms with E-state index >= 15 is 0 Å². The van der Waals surface area contributed by atoms with Crippen molar-refractivity contribution in [1.82, 2.24) is 10.2 Å². The number of fused-ring (bicyclic) bond motifs is 1. The van der Waals surface area contributed by atoms with Crippen molar-refractivity contribution in [3.8, 4) is 0 Å². The van der Waals surface area contributed by atoms with E-state index in [1.54, 1.807) is 0 Å². The lowest BCUT2D eigenvalue weighted by Gasteiger charge is -2.33. The summed E-state index contributed by atoms with van der Waals surface area (Å²) in [5.41, 5.74) is 0. The summed E-state index contributed by atoms with van der Waals surface area (Å²) < 4.78 is 0. The predicted octanol–water partition coefficient (Wildman–Crippen LogP) is 2.05. The molecule has 1 amide bonds. The van der Waals surface area contributed by atoms with Gasteiger partial charge in [-0.05, 0) is 44.6 Å². The van der Waals surface area contributed by atoms with Crippen LogP contribution in [0.1, 0.15) is 38.5 Å². The van der Waals surface area contributed by atoms with E-state index in [0.29, 0.717) is 17.9 Å². The molecule has 0 aromatic carbocycles. The first-order valence-electron chi connectivity index (χ1n) is 7.27. The number of hydrogen-bond acceptors (Lipinski definition) is 2. The molecule has 0 bridgehead atoms. The molecule has 1 aliphatic heterocycles. The third-order valence-electron chi connectivity index (χ3n) is 5.08. The van der Waals surface area contributed by atoms with Gasteiger partial charge in [0.15, 0.2) is 0 Å². The maximum atomic E-state index is 12.5. The lowest BCUT2D eigenvalue weighted by molar-refractivity contribution is -0.134. The molecule has 3 unspecified atom stereocenters. The molecule has 0 aromatic heterocycles. The van der Waals surface area contributed by atoms with Crippen LogP contribution in [-0.2, 0) is 4.79 Å². The molecule has 104 valence electrons. The zero-order chi connectivity index (χ0) is 11.8. The number of piperidine rings is 1. The van der Waals surface area contributed by atoms with Gasteiger partial charge < -0.3 is 10.2 Å². The van der Waals surface area contributed by atoms with Gasteiger partial charge in [-0.25, -0.2) is 0 Å². The average Bonchev–Trinajstić information content (AvgIpc) is 3.12. The number of amides is 1. The van der Waals surface area contributed by atoms with Crippen LogP contribution in [0.2, 0.25) is 0 Å². The summed E-state index contributed by atoms with van der Waals surface area (Å²) in [4.78, 5) is 14.6. The van der Waals surface area contributed by atoms with E-state index in [4.69, 9.17) is 0 Å². The first-order valence-corrected chi connectivity index (χ1v) is 7.27. The van der Waals surface area contributed by atoms with Crippen molar-refractivity contribution in [3.05, 3.63) is 0 Å². The van der Waals surface area contributed by atoms with Gasteiger partial charge in [-0.1, -0.05) is 12.8 Å². The number of hydrogen-bond donors (Lipinski definition) is 1. The molecule has 1 N–H and O–H groups in total. The van der Waals surface area contributed by atoms with Crippen molar-refractivity contribution < 1.29 is 4.79 Å². The van der Waals surface area contributed by atoms with E-state index in [9.17, 15) is 4.79 Å². The predicted molar refractivity (Wildman–Crippen MR) is 74.8 cm³/mol. The number of halogens is 1. The largest absolute Gasteiger partial charge is 0.341 e. The number of nitrogens with one attached hydrogen (secondary N) is 1. The topological polar surface area (TPSA) is 32.3 Å². The minimum absolute atomic E-state index is 0. The van der Waals surface area contributed by atoms with Crippen LogP contribution in [-0.4, -0.2) is 37.0 Å². The molecule has 3 nitrogen and oxygen atoms in total. The van der Waals surface area contributed by atoms with Gasteiger partial charge in [0.05, 0.1) is 0 Å². The van der Waals surface area contributed by atoms with E-state index in [2.05, 4.69) is 10.2 Å². The molecule has 1 saturated heterocycles. The summed E-state index contributed by atoms with van der Waals surface area (Å²) in [7, 11) is 2.01. The summed E-state index contributed by atoms with van der Waals surface area (Å²) in [6.45, 7) is 1.93. The van der Waals surface area contributed by atoms with Crippen molar-refractivity contribution in [2.24, 2.45) is 17.8 Å². The summed E-state index contributed by atoms with van der Waals surface area (Å²) >= 11 is 0. The standard InChI is InChI=1S/C14H24N2O.ClH/c1-15-10-5-4-8-16(9-10)14(17)13-11-6-2-3-7-12(11)13;/h10-13,15H,2-9H2,1H3;1H. The maximum Gasteiger partial charge on any atom is 0.226 e. The van der Waals surface area contributed by atoms with Crippen LogP contribution in [0, 0.1) is 17.8 Å².